The van der Waals surface area contributed by atoms with Crippen LogP contribution in [0.4, 0.5) is 10.6 Å². The van der Waals surface area contributed by atoms with Crippen molar-refractivity contribution in [3.63, 3.8) is 0 Å². The SMILES string of the molecule is COc1n[nH]c2cc(NC(=O)N[C@H](c3ccccc3)[C@H](O)CO)ncc12. The first kappa shape index (κ1) is 17.6. The quantitative estimate of drug-likeness (QED) is 0.450. The first-order valence-electron chi connectivity index (χ1n) is 7.92. The molecule has 0 aliphatic carbocycles. The number of rotatable bonds is 6. The number of amides is 2. The molecule has 0 aliphatic heterocycles. The third-order valence-electron chi connectivity index (χ3n) is 3.86. The maximum atomic E-state index is 12.3. The van der Waals surface area contributed by atoms with Crippen molar-refractivity contribution in [3.05, 3.63) is 48.2 Å². The van der Waals surface area contributed by atoms with Crippen molar-refractivity contribution in [2.45, 2.75) is 12.1 Å². The zero-order valence-electron chi connectivity index (χ0n) is 14.0. The molecule has 0 radical (unpaired) electrons. The van der Waals surface area contributed by atoms with Gasteiger partial charge in [0.15, 0.2) is 0 Å². The molecule has 0 bridgehead atoms. The summed E-state index contributed by atoms with van der Waals surface area (Å²) in [5, 5.41) is 32.0. The van der Waals surface area contributed by atoms with Gasteiger partial charge in [-0.3, -0.25) is 10.4 Å². The van der Waals surface area contributed by atoms with E-state index in [4.69, 9.17) is 4.74 Å². The molecule has 0 spiro atoms. The molecule has 9 nitrogen and oxygen atoms in total. The highest BCUT2D eigenvalue weighted by molar-refractivity contribution is 5.92. The van der Waals surface area contributed by atoms with Crippen molar-refractivity contribution in [3.8, 4) is 5.88 Å². The van der Waals surface area contributed by atoms with E-state index in [0.717, 1.165) is 0 Å². The van der Waals surface area contributed by atoms with E-state index >= 15 is 0 Å². The minimum atomic E-state index is -1.14. The molecule has 3 rings (SSSR count). The Labute approximate surface area is 149 Å². The van der Waals surface area contributed by atoms with E-state index < -0.39 is 24.8 Å². The lowest BCUT2D eigenvalue weighted by atomic mass is 10.0. The van der Waals surface area contributed by atoms with E-state index in [2.05, 4.69) is 25.8 Å². The van der Waals surface area contributed by atoms with E-state index in [9.17, 15) is 15.0 Å². The molecular formula is C17H19N5O4. The average Bonchev–Trinajstić information content (AvgIpc) is 3.08. The van der Waals surface area contributed by atoms with Crippen molar-refractivity contribution in [2.24, 2.45) is 0 Å². The highest BCUT2D eigenvalue weighted by Gasteiger charge is 2.22. The van der Waals surface area contributed by atoms with Crippen LogP contribution >= 0.6 is 0 Å². The number of aromatic amines is 1. The highest BCUT2D eigenvalue weighted by atomic mass is 16.5. The zero-order chi connectivity index (χ0) is 18.5. The number of nitrogens with one attached hydrogen (secondary N) is 3. The molecule has 3 aromatic rings. The number of hydrogen-bond acceptors (Lipinski definition) is 6. The number of hydrogen-bond donors (Lipinski definition) is 5. The molecule has 2 aromatic heterocycles. The standard InChI is InChI=1S/C17H19N5O4/c1-26-16-11-8-18-14(7-12(11)21-22-16)19-17(25)20-15(13(24)9-23)10-5-3-2-4-6-10/h2-8,13,15,23-24H,9H2,1H3,(H,21,22)(H2,18,19,20,25)/t13-,15-/m1/s1. The summed E-state index contributed by atoms with van der Waals surface area (Å²) >= 11 is 0. The summed E-state index contributed by atoms with van der Waals surface area (Å²) in [5.74, 6) is 0.713. The van der Waals surface area contributed by atoms with Crippen LogP contribution in [0.3, 0.4) is 0 Å². The molecule has 0 saturated carbocycles. The normalized spacial score (nSPS) is 13.2. The fourth-order valence-electron chi connectivity index (χ4n) is 2.57. The lowest BCUT2D eigenvalue weighted by Gasteiger charge is -2.23. The van der Waals surface area contributed by atoms with Gasteiger partial charge in [0.05, 0.1) is 30.7 Å². The van der Waals surface area contributed by atoms with E-state index in [0.29, 0.717) is 28.2 Å². The lowest BCUT2D eigenvalue weighted by Crippen LogP contribution is -2.40. The van der Waals surface area contributed by atoms with Crippen LogP contribution in [0.15, 0.2) is 42.6 Å². The molecule has 1 aromatic carbocycles. The van der Waals surface area contributed by atoms with E-state index in [1.54, 1.807) is 30.3 Å². The van der Waals surface area contributed by atoms with Crippen molar-refractivity contribution in [1.29, 1.82) is 0 Å². The molecule has 0 saturated heterocycles. The summed E-state index contributed by atoms with van der Waals surface area (Å²) in [5.41, 5.74) is 1.33. The van der Waals surface area contributed by atoms with Crippen LogP contribution in [0.25, 0.3) is 10.9 Å². The highest BCUT2D eigenvalue weighted by Crippen LogP contribution is 2.23. The van der Waals surface area contributed by atoms with Crippen molar-refractivity contribution < 1.29 is 19.7 Å². The number of aliphatic hydroxyl groups is 2. The molecule has 0 aliphatic rings. The van der Waals surface area contributed by atoms with Gasteiger partial charge in [0.25, 0.3) is 0 Å². The van der Waals surface area contributed by atoms with Crippen molar-refractivity contribution in [2.75, 3.05) is 19.0 Å². The fraction of sp³-hybridized carbons (Fsp3) is 0.235. The third kappa shape index (κ3) is 3.73. The van der Waals surface area contributed by atoms with Crippen LogP contribution in [0.1, 0.15) is 11.6 Å². The van der Waals surface area contributed by atoms with Gasteiger partial charge >= 0.3 is 6.03 Å². The molecular weight excluding hydrogens is 338 g/mol. The summed E-state index contributed by atoms with van der Waals surface area (Å²) < 4.78 is 5.10. The summed E-state index contributed by atoms with van der Waals surface area (Å²) in [6.45, 7) is -0.488. The number of H-pyrrole nitrogens is 1. The number of aromatic nitrogens is 3. The van der Waals surface area contributed by atoms with Crippen LogP contribution < -0.4 is 15.4 Å². The van der Waals surface area contributed by atoms with Gasteiger partial charge in [0.1, 0.15) is 11.9 Å². The molecule has 136 valence electrons. The molecule has 26 heavy (non-hydrogen) atoms. The topological polar surface area (TPSA) is 132 Å². The second-order valence-corrected chi connectivity index (χ2v) is 5.58. The van der Waals surface area contributed by atoms with Crippen molar-refractivity contribution in [1.82, 2.24) is 20.5 Å². The predicted octanol–water partition coefficient (Wildman–Crippen LogP) is 1.18. The maximum absolute atomic E-state index is 12.3. The van der Waals surface area contributed by atoms with E-state index in [-0.39, 0.29) is 0 Å². The summed E-state index contributed by atoms with van der Waals surface area (Å²) in [6.07, 6.45) is 0.389. The number of fused-ring (bicyclic) bond motifs is 1. The number of aliphatic hydroxyl groups excluding tert-OH is 2. The smallest absolute Gasteiger partial charge is 0.320 e. The van der Waals surface area contributed by atoms with Gasteiger partial charge in [0.2, 0.25) is 5.88 Å². The predicted molar refractivity (Wildman–Crippen MR) is 94.9 cm³/mol. The Bertz CT molecular complexity index is 883. The van der Waals surface area contributed by atoms with E-state index in [1.807, 2.05) is 6.07 Å². The number of nitrogens with zero attached hydrogens (tertiary/aromatic N) is 2. The Kier molecular flexibility index (Phi) is 5.30. The number of anilines is 1. The summed E-state index contributed by atoms with van der Waals surface area (Å²) in [7, 11) is 1.51. The Morgan fingerprint density at radius 2 is 2.12 bits per heavy atom. The van der Waals surface area contributed by atoms with Gasteiger partial charge < -0.3 is 20.3 Å². The van der Waals surface area contributed by atoms with Crippen LogP contribution in [0.5, 0.6) is 5.88 Å². The number of benzene rings is 1. The molecule has 9 heteroatoms. The molecule has 2 heterocycles. The molecule has 5 N–H and O–H groups in total. The minimum absolute atomic E-state index is 0.298. The van der Waals surface area contributed by atoms with Gasteiger partial charge in [0, 0.05) is 12.3 Å². The van der Waals surface area contributed by atoms with Crippen LogP contribution in [-0.4, -0.2) is 51.2 Å². The van der Waals surface area contributed by atoms with Crippen LogP contribution in [0.2, 0.25) is 0 Å². The number of carbonyl (C=O) groups is 1. The number of carbonyl (C=O) groups excluding carboxylic acids is 1. The zero-order valence-corrected chi connectivity index (χ0v) is 14.0. The first-order chi connectivity index (χ1) is 12.6. The number of methoxy groups -OCH3 is 1. The van der Waals surface area contributed by atoms with Gasteiger partial charge in [-0.1, -0.05) is 30.3 Å². The molecule has 2 atom stereocenters. The molecule has 0 unspecified atom stereocenters. The van der Waals surface area contributed by atoms with Crippen LogP contribution in [0, 0.1) is 0 Å². The average molecular weight is 357 g/mol. The van der Waals surface area contributed by atoms with Crippen LogP contribution in [-0.2, 0) is 0 Å². The maximum Gasteiger partial charge on any atom is 0.320 e. The molecule has 2 amide bonds. The lowest BCUT2D eigenvalue weighted by molar-refractivity contribution is 0.0659. The number of pyridine rings is 1. The second-order valence-electron chi connectivity index (χ2n) is 5.58. The summed E-state index contributed by atoms with van der Waals surface area (Å²) in [4.78, 5) is 16.5. The monoisotopic (exact) mass is 357 g/mol. The number of urea groups is 1. The number of ether oxygens (including phenoxy) is 1. The van der Waals surface area contributed by atoms with Gasteiger partial charge in [-0.2, -0.15) is 0 Å². The Balaban J connectivity index is 1.74. The Morgan fingerprint density at radius 1 is 1.35 bits per heavy atom. The third-order valence-corrected chi connectivity index (χ3v) is 3.86. The van der Waals surface area contributed by atoms with Gasteiger partial charge in [-0.05, 0) is 5.56 Å². The Hall–Kier alpha value is -3.17. The minimum Gasteiger partial charge on any atom is -0.479 e. The fourth-order valence-corrected chi connectivity index (χ4v) is 2.57. The second kappa shape index (κ2) is 7.81. The largest absolute Gasteiger partial charge is 0.479 e. The molecule has 0 fully saturated rings. The van der Waals surface area contributed by atoms with Gasteiger partial charge in [-0.15, -0.1) is 5.10 Å². The van der Waals surface area contributed by atoms with E-state index in [1.165, 1.54) is 13.3 Å². The Morgan fingerprint density at radius 3 is 2.81 bits per heavy atom. The van der Waals surface area contributed by atoms with Gasteiger partial charge in [-0.25, -0.2) is 9.78 Å². The first-order valence-corrected chi connectivity index (χ1v) is 7.92. The van der Waals surface area contributed by atoms with Crippen molar-refractivity contribution >= 4 is 22.8 Å². The summed E-state index contributed by atoms with van der Waals surface area (Å²) in [6, 6.07) is 9.19.